The van der Waals surface area contributed by atoms with E-state index in [2.05, 4.69) is 61.2 Å². The summed E-state index contributed by atoms with van der Waals surface area (Å²) in [5.74, 6) is 0. The van der Waals surface area contributed by atoms with Crippen LogP contribution in [0.15, 0.2) is 35.4 Å². The molecule has 1 heterocycles. The first-order valence-electron chi connectivity index (χ1n) is 5.82. The van der Waals surface area contributed by atoms with Gasteiger partial charge >= 0.3 is 107 Å². The van der Waals surface area contributed by atoms with Crippen LogP contribution in [-0.4, -0.2) is 19.5 Å². The Labute approximate surface area is 107 Å². The van der Waals surface area contributed by atoms with Gasteiger partial charge in [-0.25, -0.2) is 0 Å². The Morgan fingerprint density at radius 2 is 1.82 bits per heavy atom. The molecule has 3 rings (SSSR count). The van der Waals surface area contributed by atoms with Crippen molar-refractivity contribution in [3.8, 4) is 0 Å². The summed E-state index contributed by atoms with van der Waals surface area (Å²) in [5, 5.41) is 4.80. The van der Waals surface area contributed by atoms with Crippen molar-refractivity contribution in [2.24, 2.45) is 0 Å². The van der Waals surface area contributed by atoms with Gasteiger partial charge in [0.1, 0.15) is 0 Å². The fraction of sp³-hybridized carbons (Fsp3) is 0.267. The summed E-state index contributed by atoms with van der Waals surface area (Å²) in [4.78, 5) is 4.44. The van der Waals surface area contributed by atoms with Crippen molar-refractivity contribution in [2.45, 2.75) is 26.2 Å². The normalized spacial score (nSPS) is 12.4. The second-order valence-corrected chi connectivity index (χ2v) is 7.25. The van der Waals surface area contributed by atoms with Crippen LogP contribution in [0, 0.1) is 0 Å². The van der Waals surface area contributed by atoms with Crippen LogP contribution in [0.25, 0.3) is 20.5 Å². The van der Waals surface area contributed by atoms with Crippen LogP contribution in [0.1, 0.15) is 26.3 Å². The number of hydrogen-bond acceptors (Lipinski definition) is 1. The fourth-order valence-electron chi connectivity index (χ4n) is 2.11. The van der Waals surface area contributed by atoms with Crippen molar-refractivity contribution in [3.63, 3.8) is 0 Å². The Kier molecular flexibility index (Phi) is 2.39. The van der Waals surface area contributed by atoms with Crippen LogP contribution in [0.5, 0.6) is 0 Å². The van der Waals surface area contributed by atoms with Crippen molar-refractivity contribution in [2.75, 3.05) is 0 Å². The molecule has 0 aliphatic rings. The fourth-order valence-corrected chi connectivity index (χ4v) is 3.82. The molecule has 3 aromatic rings. The molecule has 2 heteroatoms. The van der Waals surface area contributed by atoms with E-state index >= 15 is 0 Å². The molecule has 0 amide bonds. The Bertz CT molecular complexity index is 689. The molecule has 86 valence electrons. The number of rotatable bonds is 0. The molecule has 0 fully saturated rings. The Morgan fingerprint density at radius 3 is 2.59 bits per heavy atom. The van der Waals surface area contributed by atoms with Gasteiger partial charge in [-0.2, -0.15) is 0 Å². The predicted molar refractivity (Wildman–Crippen MR) is 74.9 cm³/mol. The van der Waals surface area contributed by atoms with E-state index in [9.17, 15) is 0 Å². The van der Waals surface area contributed by atoms with Crippen molar-refractivity contribution in [1.29, 1.82) is 0 Å². The third-order valence-corrected chi connectivity index (χ3v) is 5.02. The van der Waals surface area contributed by atoms with Gasteiger partial charge in [0, 0.05) is 0 Å². The Hall–Kier alpha value is -1.11. The van der Waals surface area contributed by atoms with Crippen molar-refractivity contribution < 1.29 is 0 Å². The number of fused-ring (bicyclic) bond motifs is 3. The Balaban J connectivity index is 2.40. The van der Waals surface area contributed by atoms with Gasteiger partial charge < -0.3 is 0 Å². The summed E-state index contributed by atoms with van der Waals surface area (Å²) in [5.41, 5.74) is 2.79. The third kappa shape index (κ3) is 1.82. The van der Waals surface area contributed by atoms with E-state index in [1.54, 1.807) is 0 Å². The van der Waals surface area contributed by atoms with Crippen molar-refractivity contribution in [1.82, 2.24) is 4.98 Å². The molecule has 0 atom stereocenters. The second-order valence-electron chi connectivity index (χ2n) is 5.45. The van der Waals surface area contributed by atoms with E-state index in [-0.39, 0.29) is 5.41 Å². The number of aromatic nitrogens is 1. The van der Waals surface area contributed by atoms with Gasteiger partial charge in [-0.15, -0.1) is 0 Å². The minimum atomic E-state index is 0.212. The molecule has 0 unspecified atom stereocenters. The Morgan fingerprint density at radius 1 is 1.06 bits per heavy atom. The molecule has 0 N–H and O–H groups in total. The standard InChI is InChI=1S/C15H15NSe/c1-15(2,3)11-6-4-10-5-7-13-14(12(10)8-11)17-9-16-13/h4-9H,1-3H3. The molecule has 0 radical (unpaired) electrons. The van der Waals surface area contributed by atoms with Crippen molar-refractivity contribution >= 4 is 35.1 Å². The SMILES string of the molecule is CC(C)(C)c1ccc2ccc3nc[se]c3c2c1. The zero-order chi connectivity index (χ0) is 12.0. The van der Waals surface area contributed by atoms with E-state index in [0.29, 0.717) is 14.5 Å². The van der Waals surface area contributed by atoms with Gasteiger partial charge in [0.05, 0.1) is 0 Å². The quantitative estimate of drug-likeness (QED) is 0.574. The zero-order valence-corrected chi connectivity index (χ0v) is 12.0. The monoisotopic (exact) mass is 289 g/mol. The maximum absolute atomic E-state index is 4.44. The summed E-state index contributed by atoms with van der Waals surface area (Å²) < 4.78 is 1.45. The summed E-state index contributed by atoms with van der Waals surface area (Å²) >= 11 is 0.408. The van der Waals surface area contributed by atoms with Crippen LogP contribution in [0.3, 0.4) is 0 Å². The molecule has 0 bridgehead atoms. The van der Waals surface area contributed by atoms with E-state index in [1.165, 1.54) is 26.1 Å². The number of benzene rings is 2. The first-order chi connectivity index (χ1) is 8.05. The van der Waals surface area contributed by atoms with Crippen LogP contribution < -0.4 is 0 Å². The molecule has 1 nitrogen and oxygen atoms in total. The molecule has 17 heavy (non-hydrogen) atoms. The minimum absolute atomic E-state index is 0.212. The predicted octanol–water partition coefficient (Wildman–Crippen LogP) is 3.74. The number of nitrogens with zero attached hydrogens (tertiary/aromatic N) is 1. The van der Waals surface area contributed by atoms with E-state index in [1.807, 2.05) is 0 Å². The molecular formula is C15H15NSe. The van der Waals surface area contributed by atoms with E-state index < -0.39 is 0 Å². The average molecular weight is 288 g/mol. The maximum atomic E-state index is 4.44. The van der Waals surface area contributed by atoms with Gasteiger partial charge in [0.15, 0.2) is 0 Å². The first kappa shape index (κ1) is 11.0. The van der Waals surface area contributed by atoms with Crippen molar-refractivity contribution in [3.05, 3.63) is 41.0 Å². The molecule has 2 aromatic carbocycles. The van der Waals surface area contributed by atoms with E-state index in [0.717, 1.165) is 0 Å². The van der Waals surface area contributed by atoms with E-state index in [4.69, 9.17) is 0 Å². The summed E-state index contributed by atoms with van der Waals surface area (Å²) in [6.45, 7) is 6.79. The van der Waals surface area contributed by atoms with Gasteiger partial charge in [0.2, 0.25) is 0 Å². The zero-order valence-electron chi connectivity index (χ0n) is 10.3. The molecule has 1 aromatic heterocycles. The second kappa shape index (κ2) is 3.69. The van der Waals surface area contributed by atoms with Crippen LogP contribution >= 0.6 is 0 Å². The summed E-state index contributed by atoms with van der Waals surface area (Å²) in [6, 6.07) is 11.2. The summed E-state index contributed by atoms with van der Waals surface area (Å²) in [7, 11) is 0. The molecule has 0 aliphatic carbocycles. The number of hydrogen-bond donors (Lipinski definition) is 0. The van der Waals surface area contributed by atoms with Gasteiger partial charge in [-0.3, -0.25) is 0 Å². The summed E-state index contributed by atoms with van der Waals surface area (Å²) in [6.07, 6.45) is 0. The first-order valence-corrected chi connectivity index (χ1v) is 7.67. The molecule has 0 spiro atoms. The molecule has 0 aliphatic heterocycles. The average Bonchev–Trinajstić information content (AvgIpc) is 2.75. The molecule has 0 saturated carbocycles. The van der Waals surface area contributed by atoms with Crippen LogP contribution in [-0.2, 0) is 5.41 Å². The topological polar surface area (TPSA) is 12.9 Å². The molecular weight excluding hydrogens is 273 g/mol. The van der Waals surface area contributed by atoms with Crippen LogP contribution in [0.4, 0.5) is 0 Å². The molecule has 0 saturated heterocycles. The van der Waals surface area contributed by atoms with Crippen LogP contribution in [0.2, 0.25) is 0 Å². The van der Waals surface area contributed by atoms with Gasteiger partial charge in [0.25, 0.3) is 0 Å². The van der Waals surface area contributed by atoms with Gasteiger partial charge in [-0.05, 0) is 0 Å². The van der Waals surface area contributed by atoms with Gasteiger partial charge in [-0.1, -0.05) is 0 Å². The third-order valence-electron chi connectivity index (χ3n) is 3.18.